The molecule has 1 aromatic rings. The Bertz CT molecular complexity index is 666. The fourth-order valence-electron chi connectivity index (χ4n) is 3.48. The summed E-state index contributed by atoms with van der Waals surface area (Å²) in [4.78, 5) is 4.30. The fraction of sp³-hybridized carbons (Fsp3) is 0.667. The molecular formula is C21H34IN3O4. The molecular weight excluding hydrogens is 485 g/mol. The van der Waals surface area contributed by atoms with Crippen LogP contribution in [0, 0.1) is 0 Å². The van der Waals surface area contributed by atoms with Gasteiger partial charge in [-0.15, -0.1) is 24.0 Å². The Morgan fingerprint density at radius 3 is 2.90 bits per heavy atom. The lowest BCUT2D eigenvalue weighted by atomic mass is 10.1. The van der Waals surface area contributed by atoms with Gasteiger partial charge in [-0.1, -0.05) is 0 Å². The average Bonchev–Trinajstić information content (AvgIpc) is 3.32. The molecule has 29 heavy (non-hydrogen) atoms. The van der Waals surface area contributed by atoms with Crippen LogP contribution < -0.4 is 20.1 Å². The smallest absolute Gasteiger partial charge is 0.191 e. The summed E-state index contributed by atoms with van der Waals surface area (Å²) in [6.45, 7) is 8.43. The Morgan fingerprint density at radius 2 is 2.17 bits per heavy atom. The predicted molar refractivity (Wildman–Crippen MR) is 125 cm³/mol. The first-order valence-electron chi connectivity index (χ1n) is 10.3. The lowest BCUT2D eigenvalue weighted by Crippen LogP contribution is -2.37. The van der Waals surface area contributed by atoms with Gasteiger partial charge < -0.3 is 29.6 Å². The molecule has 0 bridgehead atoms. The Balaban J connectivity index is 0.00000300. The number of fused-ring (bicyclic) bond motifs is 1. The molecule has 0 radical (unpaired) electrons. The van der Waals surface area contributed by atoms with Crippen molar-refractivity contribution in [2.45, 2.75) is 51.9 Å². The van der Waals surface area contributed by atoms with Crippen LogP contribution in [0.1, 0.15) is 37.8 Å². The van der Waals surface area contributed by atoms with Gasteiger partial charge in [0.15, 0.2) is 5.96 Å². The molecule has 0 saturated carbocycles. The zero-order valence-electron chi connectivity index (χ0n) is 17.7. The number of hydrogen-bond acceptors (Lipinski definition) is 5. The number of aliphatic imine (C=N–C) groups is 1. The maximum absolute atomic E-state index is 5.90. The van der Waals surface area contributed by atoms with Crippen LogP contribution in [-0.4, -0.2) is 58.2 Å². The summed E-state index contributed by atoms with van der Waals surface area (Å²) in [5.74, 6) is 2.64. The molecule has 2 aliphatic rings. The van der Waals surface area contributed by atoms with Gasteiger partial charge in [-0.2, -0.15) is 0 Å². The molecule has 1 fully saturated rings. The van der Waals surface area contributed by atoms with Gasteiger partial charge in [0.1, 0.15) is 17.6 Å². The Kier molecular flexibility index (Phi) is 10.3. The first kappa shape index (κ1) is 24.0. The summed E-state index contributed by atoms with van der Waals surface area (Å²) < 4.78 is 22.8. The minimum Gasteiger partial charge on any atom is -0.494 e. The van der Waals surface area contributed by atoms with Crippen molar-refractivity contribution in [3.8, 4) is 11.5 Å². The molecule has 8 heteroatoms. The van der Waals surface area contributed by atoms with Crippen LogP contribution in [-0.2, 0) is 22.4 Å². The van der Waals surface area contributed by atoms with Gasteiger partial charge in [0.2, 0.25) is 0 Å². The maximum Gasteiger partial charge on any atom is 0.191 e. The molecule has 1 saturated heterocycles. The number of nitrogens with zero attached hydrogens (tertiary/aromatic N) is 1. The van der Waals surface area contributed by atoms with Crippen LogP contribution in [0.3, 0.4) is 0 Å². The minimum atomic E-state index is 0. The summed E-state index contributed by atoms with van der Waals surface area (Å²) in [7, 11) is 1.78. The Morgan fingerprint density at radius 1 is 1.31 bits per heavy atom. The van der Waals surface area contributed by atoms with E-state index in [4.69, 9.17) is 18.9 Å². The van der Waals surface area contributed by atoms with Crippen LogP contribution in [0.5, 0.6) is 11.5 Å². The molecule has 2 N–H and O–H groups in total. The first-order valence-corrected chi connectivity index (χ1v) is 10.3. The minimum absolute atomic E-state index is 0. The zero-order chi connectivity index (χ0) is 19.8. The second-order valence-corrected chi connectivity index (χ2v) is 7.20. The molecule has 7 nitrogen and oxygen atoms in total. The highest BCUT2D eigenvalue weighted by molar-refractivity contribution is 14.0. The lowest BCUT2D eigenvalue weighted by molar-refractivity contribution is 0.0420. The summed E-state index contributed by atoms with van der Waals surface area (Å²) in [6.07, 6.45) is 3.34. The number of hydrogen-bond donors (Lipinski definition) is 2. The number of ether oxygens (including phenoxy) is 4. The molecule has 0 aliphatic carbocycles. The predicted octanol–water partition coefficient (Wildman–Crippen LogP) is 2.89. The van der Waals surface area contributed by atoms with E-state index in [9.17, 15) is 0 Å². The Labute approximate surface area is 190 Å². The molecule has 2 heterocycles. The van der Waals surface area contributed by atoms with Gasteiger partial charge >= 0.3 is 0 Å². The van der Waals surface area contributed by atoms with Crippen LogP contribution >= 0.6 is 24.0 Å². The lowest BCUT2D eigenvalue weighted by Gasteiger charge is -2.16. The number of benzene rings is 1. The monoisotopic (exact) mass is 519 g/mol. The van der Waals surface area contributed by atoms with Crippen LogP contribution in [0.25, 0.3) is 0 Å². The van der Waals surface area contributed by atoms with Gasteiger partial charge in [-0.05, 0) is 38.8 Å². The Hall–Kier alpha value is -1.26. The van der Waals surface area contributed by atoms with Crippen molar-refractivity contribution in [3.63, 3.8) is 0 Å². The highest BCUT2D eigenvalue weighted by Crippen LogP contribution is 2.35. The third kappa shape index (κ3) is 7.18. The van der Waals surface area contributed by atoms with Crippen molar-refractivity contribution >= 4 is 29.9 Å². The first-order chi connectivity index (χ1) is 13.7. The topological polar surface area (TPSA) is 73.3 Å². The number of halogens is 1. The van der Waals surface area contributed by atoms with Crippen molar-refractivity contribution in [1.29, 1.82) is 0 Å². The van der Waals surface area contributed by atoms with E-state index >= 15 is 0 Å². The second kappa shape index (κ2) is 12.4. The van der Waals surface area contributed by atoms with Gasteiger partial charge in [0, 0.05) is 50.9 Å². The fourth-order valence-corrected chi connectivity index (χ4v) is 3.48. The zero-order valence-corrected chi connectivity index (χ0v) is 20.0. The van der Waals surface area contributed by atoms with E-state index in [-0.39, 0.29) is 36.2 Å². The van der Waals surface area contributed by atoms with Crippen LogP contribution in [0.2, 0.25) is 0 Å². The molecule has 2 unspecified atom stereocenters. The maximum atomic E-state index is 5.90. The summed E-state index contributed by atoms with van der Waals surface area (Å²) in [5, 5.41) is 6.69. The third-order valence-corrected chi connectivity index (χ3v) is 4.90. The van der Waals surface area contributed by atoms with E-state index in [0.29, 0.717) is 13.2 Å². The largest absolute Gasteiger partial charge is 0.494 e. The number of guanidine groups is 1. The van der Waals surface area contributed by atoms with Crippen molar-refractivity contribution in [2.75, 3.05) is 40.0 Å². The van der Waals surface area contributed by atoms with E-state index in [1.807, 2.05) is 6.92 Å². The summed E-state index contributed by atoms with van der Waals surface area (Å²) in [6, 6.07) is 4.20. The molecule has 2 atom stereocenters. The molecule has 0 aromatic heterocycles. The van der Waals surface area contributed by atoms with Gasteiger partial charge in [-0.3, -0.25) is 4.99 Å². The molecule has 3 rings (SSSR count). The highest BCUT2D eigenvalue weighted by atomic mass is 127. The molecule has 164 valence electrons. The van der Waals surface area contributed by atoms with E-state index in [1.165, 1.54) is 5.56 Å². The van der Waals surface area contributed by atoms with Gasteiger partial charge in [-0.25, -0.2) is 0 Å². The standard InChI is InChI=1S/C21H33N3O4.HI/c1-4-26-19-11-16-10-15(2)28-20(16)12-17(19)13-24-21(22-3)23-7-5-8-27-18-6-9-25-14-18;/h11-12,15,18H,4-10,13-14H2,1-3H3,(H2,22,23,24);1H. The quantitative estimate of drug-likeness (QED) is 0.226. The van der Waals surface area contributed by atoms with E-state index in [0.717, 1.165) is 68.6 Å². The van der Waals surface area contributed by atoms with Crippen molar-refractivity contribution in [3.05, 3.63) is 23.3 Å². The SMILES string of the molecule is CCOc1cc2c(cc1CNC(=NC)NCCCOC1CCOC1)OC(C)C2.I. The average molecular weight is 519 g/mol. The normalized spacial score (nSPS) is 20.6. The third-order valence-electron chi connectivity index (χ3n) is 4.90. The number of rotatable bonds is 9. The van der Waals surface area contributed by atoms with Crippen LogP contribution in [0.15, 0.2) is 17.1 Å². The van der Waals surface area contributed by atoms with Crippen molar-refractivity contribution in [1.82, 2.24) is 10.6 Å². The van der Waals surface area contributed by atoms with Gasteiger partial charge in [0.05, 0.1) is 19.3 Å². The van der Waals surface area contributed by atoms with Crippen molar-refractivity contribution < 1.29 is 18.9 Å². The van der Waals surface area contributed by atoms with Crippen LogP contribution in [0.4, 0.5) is 0 Å². The van der Waals surface area contributed by atoms with Gasteiger partial charge in [0.25, 0.3) is 0 Å². The second-order valence-electron chi connectivity index (χ2n) is 7.20. The van der Waals surface area contributed by atoms with E-state index in [1.54, 1.807) is 7.05 Å². The van der Waals surface area contributed by atoms with Crippen molar-refractivity contribution in [2.24, 2.45) is 4.99 Å². The molecule has 2 aliphatic heterocycles. The summed E-state index contributed by atoms with van der Waals surface area (Å²) in [5.41, 5.74) is 2.29. The van der Waals surface area contributed by atoms with E-state index in [2.05, 4.69) is 34.7 Å². The number of nitrogens with one attached hydrogen (secondary N) is 2. The van der Waals surface area contributed by atoms with E-state index < -0.39 is 0 Å². The molecule has 0 spiro atoms. The molecule has 1 aromatic carbocycles. The highest BCUT2D eigenvalue weighted by Gasteiger charge is 2.22. The summed E-state index contributed by atoms with van der Waals surface area (Å²) >= 11 is 0. The molecule has 0 amide bonds.